The molecule has 0 atom stereocenters. The Labute approximate surface area is 153 Å². The molecular weight excluding hydrogens is 409 g/mol. The highest BCUT2D eigenvalue weighted by molar-refractivity contribution is 14.0. The van der Waals surface area contributed by atoms with Crippen LogP contribution in [0.15, 0.2) is 46.8 Å². The minimum absolute atomic E-state index is 0. The number of para-hydroxylation sites is 1. The number of benzene rings is 1. The average molecular weight is 431 g/mol. The molecular formula is C16H22IN3OS. The van der Waals surface area contributed by atoms with Gasteiger partial charge in [0.1, 0.15) is 5.75 Å². The average Bonchev–Trinajstić information content (AvgIpc) is 3.02. The Bertz CT molecular complexity index is 587. The first-order valence-electron chi connectivity index (χ1n) is 6.80. The molecule has 0 unspecified atom stereocenters. The number of methoxy groups -OCH3 is 1. The van der Waals surface area contributed by atoms with Crippen LogP contribution in [0.2, 0.25) is 0 Å². The van der Waals surface area contributed by atoms with Gasteiger partial charge in [-0.05, 0) is 17.5 Å². The molecule has 2 aromatic rings. The van der Waals surface area contributed by atoms with Gasteiger partial charge in [-0.2, -0.15) is 0 Å². The first kappa shape index (κ1) is 18.8. The molecule has 6 heteroatoms. The predicted octanol–water partition coefficient (Wildman–Crippen LogP) is 3.58. The smallest absolute Gasteiger partial charge is 0.193 e. The summed E-state index contributed by atoms with van der Waals surface area (Å²) >= 11 is 1.74. The van der Waals surface area contributed by atoms with E-state index in [1.807, 2.05) is 25.2 Å². The molecule has 4 nitrogen and oxygen atoms in total. The van der Waals surface area contributed by atoms with Gasteiger partial charge in [0, 0.05) is 31.1 Å². The molecule has 0 fully saturated rings. The third-order valence-electron chi connectivity index (χ3n) is 3.17. The van der Waals surface area contributed by atoms with Crippen molar-refractivity contribution in [1.29, 1.82) is 0 Å². The highest BCUT2D eigenvalue weighted by Gasteiger charge is 2.09. The van der Waals surface area contributed by atoms with Gasteiger partial charge in [0.2, 0.25) is 0 Å². The van der Waals surface area contributed by atoms with Crippen LogP contribution >= 0.6 is 35.3 Å². The van der Waals surface area contributed by atoms with E-state index in [1.165, 1.54) is 4.88 Å². The second-order valence-electron chi connectivity index (χ2n) is 4.65. The Hall–Kier alpha value is -1.28. The van der Waals surface area contributed by atoms with Gasteiger partial charge in [0.15, 0.2) is 5.96 Å². The Balaban J connectivity index is 0.00000242. The van der Waals surface area contributed by atoms with Gasteiger partial charge in [-0.25, -0.2) is 0 Å². The molecule has 0 radical (unpaired) electrons. The van der Waals surface area contributed by atoms with E-state index in [0.29, 0.717) is 0 Å². The van der Waals surface area contributed by atoms with Gasteiger partial charge < -0.3 is 15.0 Å². The van der Waals surface area contributed by atoms with Crippen LogP contribution in [-0.2, 0) is 13.1 Å². The maximum atomic E-state index is 5.39. The van der Waals surface area contributed by atoms with Crippen molar-refractivity contribution < 1.29 is 4.74 Å². The topological polar surface area (TPSA) is 36.9 Å². The lowest BCUT2D eigenvalue weighted by molar-refractivity contribution is 0.396. The first-order valence-corrected chi connectivity index (χ1v) is 7.68. The number of thiophene rings is 1. The number of rotatable bonds is 5. The van der Waals surface area contributed by atoms with Crippen LogP contribution in [0.25, 0.3) is 0 Å². The van der Waals surface area contributed by atoms with E-state index in [9.17, 15) is 0 Å². The summed E-state index contributed by atoms with van der Waals surface area (Å²) in [6.07, 6.45) is 0. The van der Waals surface area contributed by atoms with Crippen molar-refractivity contribution >= 4 is 41.3 Å². The monoisotopic (exact) mass is 431 g/mol. The molecule has 1 N–H and O–H groups in total. The Morgan fingerprint density at radius 1 is 1.27 bits per heavy atom. The van der Waals surface area contributed by atoms with Gasteiger partial charge in [0.25, 0.3) is 0 Å². The highest BCUT2D eigenvalue weighted by Crippen LogP contribution is 2.18. The van der Waals surface area contributed by atoms with E-state index in [2.05, 4.69) is 38.8 Å². The number of halogens is 1. The molecule has 22 heavy (non-hydrogen) atoms. The number of aliphatic imine (C=N–C) groups is 1. The largest absolute Gasteiger partial charge is 0.496 e. The standard InChI is InChI=1S/C16H21N3OS.HI/c1-17-16(18-11-14-8-6-10-21-14)19(2)12-13-7-4-5-9-15(13)20-3;/h4-10H,11-12H2,1-3H3,(H,17,18);1H. The molecule has 2 rings (SSSR count). The van der Waals surface area contributed by atoms with Gasteiger partial charge in [-0.1, -0.05) is 24.3 Å². The van der Waals surface area contributed by atoms with Crippen LogP contribution in [0.4, 0.5) is 0 Å². The number of nitrogens with zero attached hydrogens (tertiary/aromatic N) is 2. The number of ether oxygens (including phenoxy) is 1. The molecule has 0 aliphatic carbocycles. The lowest BCUT2D eigenvalue weighted by atomic mass is 10.2. The van der Waals surface area contributed by atoms with Crippen LogP contribution in [0.3, 0.4) is 0 Å². The molecule has 1 aromatic carbocycles. The summed E-state index contributed by atoms with van der Waals surface area (Å²) in [4.78, 5) is 7.72. The zero-order valence-corrected chi connectivity index (χ0v) is 16.2. The fourth-order valence-corrected chi connectivity index (χ4v) is 2.77. The Kier molecular flexibility index (Phi) is 8.26. The second kappa shape index (κ2) is 9.68. The van der Waals surface area contributed by atoms with Crippen molar-refractivity contribution in [3.05, 3.63) is 52.2 Å². The van der Waals surface area contributed by atoms with E-state index in [-0.39, 0.29) is 24.0 Å². The lowest BCUT2D eigenvalue weighted by Crippen LogP contribution is -2.37. The molecule has 0 aliphatic rings. The van der Waals surface area contributed by atoms with E-state index in [4.69, 9.17) is 4.74 Å². The van der Waals surface area contributed by atoms with Crippen molar-refractivity contribution in [3.8, 4) is 5.75 Å². The van der Waals surface area contributed by atoms with Crippen LogP contribution < -0.4 is 10.1 Å². The summed E-state index contributed by atoms with van der Waals surface area (Å²) in [7, 11) is 5.52. The predicted molar refractivity (Wildman–Crippen MR) is 104 cm³/mol. The summed E-state index contributed by atoms with van der Waals surface area (Å²) in [6, 6.07) is 12.2. The third-order valence-corrected chi connectivity index (χ3v) is 4.05. The zero-order valence-electron chi connectivity index (χ0n) is 13.1. The lowest BCUT2D eigenvalue weighted by Gasteiger charge is -2.22. The maximum absolute atomic E-state index is 5.39. The minimum Gasteiger partial charge on any atom is -0.496 e. The normalized spacial score (nSPS) is 10.8. The van der Waals surface area contributed by atoms with Crippen LogP contribution in [0.1, 0.15) is 10.4 Å². The molecule has 1 aromatic heterocycles. The summed E-state index contributed by atoms with van der Waals surface area (Å²) in [6.45, 7) is 1.54. The summed E-state index contributed by atoms with van der Waals surface area (Å²) in [5.74, 6) is 1.77. The number of hydrogen-bond donors (Lipinski definition) is 1. The summed E-state index contributed by atoms with van der Waals surface area (Å²) in [5.41, 5.74) is 1.14. The maximum Gasteiger partial charge on any atom is 0.193 e. The molecule has 120 valence electrons. The van der Waals surface area contributed by atoms with Crippen molar-refractivity contribution in [3.63, 3.8) is 0 Å². The van der Waals surface area contributed by atoms with E-state index < -0.39 is 0 Å². The van der Waals surface area contributed by atoms with Crippen LogP contribution in [0.5, 0.6) is 5.75 Å². The van der Waals surface area contributed by atoms with Crippen LogP contribution in [-0.4, -0.2) is 32.1 Å². The summed E-state index contributed by atoms with van der Waals surface area (Å²) in [5, 5.41) is 5.46. The number of guanidine groups is 1. The Morgan fingerprint density at radius 3 is 2.68 bits per heavy atom. The molecule has 0 spiro atoms. The van der Waals surface area contributed by atoms with Gasteiger partial charge in [-0.15, -0.1) is 35.3 Å². The highest BCUT2D eigenvalue weighted by atomic mass is 127. The van der Waals surface area contributed by atoms with Gasteiger partial charge >= 0.3 is 0 Å². The van der Waals surface area contributed by atoms with Crippen molar-refractivity contribution in [2.45, 2.75) is 13.1 Å². The van der Waals surface area contributed by atoms with Crippen molar-refractivity contribution in [2.24, 2.45) is 4.99 Å². The van der Waals surface area contributed by atoms with E-state index in [0.717, 1.165) is 30.4 Å². The van der Waals surface area contributed by atoms with Gasteiger partial charge in [0.05, 0.1) is 13.7 Å². The molecule has 0 saturated carbocycles. The molecule has 0 aliphatic heterocycles. The quantitative estimate of drug-likeness (QED) is 0.447. The fraction of sp³-hybridized carbons (Fsp3) is 0.312. The first-order chi connectivity index (χ1) is 10.2. The van der Waals surface area contributed by atoms with Gasteiger partial charge in [-0.3, -0.25) is 4.99 Å². The SMILES string of the molecule is CN=C(NCc1cccs1)N(C)Cc1ccccc1OC.I. The number of nitrogens with one attached hydrogen (secondary N) is 1. The molecule has 0 saturated heterocycles. The van der Waals surface area contributed by atoms with E-state index in [1.54, 1.807) is 25.5 Å². The van der Waals surface area contributed by atoms with Crippen molar-refractivity contribution in [1.82, 2.24) is 10.2 Å². The molecule has 0 amide bonds. The number of hydrogen-bond acceptors (Lipinski definition) is 3. The Morgan fingerprint density at radius 2 is 2.05 bits per heavy atom. The third kappa shape index (κ3) is 5.17. The molecule has 0 bridgehead atoms. The fourth-order valence-electron chi connectivity index (χ4n) is 2.13. The van der Waals surface area contributed by atoms with Crippen LogP contribution in [0, 0.1) is 0 Å². The second-order valence-corrected chi connectivity index (χ2v) is 5.68. The van der Waals surface area contributed by atoms with E-state index >= 15 is 0 Å². The summed E-state index contributed by atoms with van der Waals surface area (Å²) < 4.78 is 5.39. The minimum atomic E-state index is 0. The van der Waals surface area contributed by atoms with Crippen molar-refractivity contribution in [2.75, 3.05) is 21.2 Å². The molecule has 1 heterocycles. The zero-order chi connectivity index (χ0) is 15.1.